The smallest absolute Gasteiger partial charge is 0.220 e. The number of carbonyl (C=O) groups excluding carboxylic acids is 1. The largest absolute Gasteiger partial charge is 0.354 e. The van der Waals surface area contributed by atoms with Crippen molar-refractivity contribution in [2.45, 2.75) is 24.8 Å². The molecule has 0 aromatic carbocycles. The summed E-state index contributed by atoms with van der Waals surface area (Å²) in [5, 5.41) is 3.41. The second kappa shape index (κ2) is 4.98. The van der Waals surface area contributed by atoms with E-state index in [1.54, 1.807) is 12.3 Å². The molecule has 100 valence electrons. The van der Waals surface area contributed by atoms with E-state index in [1.165, 1.54) is 0 Å². The highest BCUT2D eigenvalue weighted by Crippen LogP contribution is 2.26. The maximum absolute atomic E-state index is 11.2. The molecule has 0 radical (unpaired) electrons. The Morgan fingerprint density at radius 1 is 1.53 bits per heavy atom. The number of pyridine rings is 1. The zero-order valence-corrected chi connectivity index (χ0v) is 11.6. The summed E-state index contributed by atoms with van der Waals surface area (Å²) in [6, 6.07) is 1.92. The van der Waals surface area contributed by atoms with E-state index in [0.717, 1.165) is 23.4 Å². The number of amides is 1. The van der Waals surface area contributed by atoms with Crippen molar-refractivity contribution in [2.75, 3.05) is 6.54 Å². The van der Waals surface area contributed by atoms with Crippen LogP contribution in [0, 0.1) is 0 Å². The molecule has 1 aliphatic heterocycles. The second-order valence-electron chi connectivity index (χ2n) is 4.52. The van der Waals surface area contributed by atoms with Crippen LogP contribution in [0.5, 0.6) is 0 Å². The van der Waals surface area contributed by atoms with Crippen LogP contribution in [-0.4, -0.2) is 27.0 Å². The predicted octanol–water partition coefficient (Wildman–Crippen LogP) is 2.27. The first-order chi connectivity index (χ1) is 9.19. The van der Waals surface area contributed by atoms with Gasteiger partial charge in [-0.05, 0) is 12.5 Å². The van der Waals surface area contributed by atoms with E-state index in [-0.39, 0.29) is 11.9 Å². The lowest BCUT2D eigenvalue weighted by molar-refractivity contribution is -0.122. The Morgan fingerprint density at radius 2 is 2.37 bits per heavy atom. The summed E-state index contributed by atoms with van der Waals surface area (Å²) >= 11 is 11.9. The molecular formula is C12H12Cl2N4O. The fourth-order valence-electron chi connectivity index (χ4n) is 2.42. The van der Waals surface area contributed by atoms with E-state index >= 15 is 0 Å². The summed E-state index contributed by atoms with van der Waals surface area (Å²) < 4.78 is 2.01. The molecule has 1 saturated heterocycles. The van der Waals surface area contributed by atoms with E-state index in [0.29, 0.717) is 23.9 Å². The number of halogens is 2. The lowest BCUT2D eigenvalue weighted by Gasteiger charge is -2.25. The van der Waals surface area contributed by atoms with Crippen molar-refractivity contribution in [2.24, 2.45) is 0 Å². The number of nitrogens with zero attached hydrogens (tertiary/aromatic N) is 3. The molecule has 5 nitrogen and oxygen atoms in total. The number of carbonyl (C=O) groups is 1. The SMILES string of the molecule is O=C1CCC(n2c(CCl)nc3cc(Cl)cnc32)CN1. The van der Waals surface area contributed by atoms with Crippen molar-refractivity contribution in [3.8, 4) is 0 Å². The minimum Gasteiger partial charge on any atom is -0.354 e. The molecule has 1 fully saturated rings. The Morgan fingerprint density at radius 3 is 3.05 bits per heavy atom. The van der Waals surface area contributed by atoms with Gasteiger partial charge in [-0.15, -0.1) is 11.6 Å². The van der Waals surface area contributed by atoms with Crippen molar-refractivity contribution < 1.29 is 4.79 Å². The van der Waals surface area contributed by atoms with E-state index < -0.39 is 0 Å². The van der Waals surface area contributed by atoms with Crippen LogP contribution in [0.15, 0.2) is 12.3 Å². The van der Waals surface area contributed by atoms with Gasteiger partial charge < -0.3 is 9.88 Å². The van der Waals surface area contributed by atoms with Crippen LogP contribution in [0.3, 0.4) is 0 Å². The fraction of sp³-hybridized carbons (Fsp3) is 0.417. The third-order valence-corrected chi connectivity index (χ3v) is 3.74. The van der Waals surface area contributed by atoms with Crippen LogP contribution < -0.4 is 5.32 Å². The topological polar surface area (TPSA) is 59.8 Å². The summed E-state index contributed by atoms with van der Waals surface area (Å²) in [4.78, 5) is 20.0. The highest BCUT2D eigenvalue weighted by atomic mass is 35.5. The van der Waals surface area contributed by atoms with Crippen molar-refractivity contribution in [1.82, 2.24) is 19.9 Å². The van der Waals surface area contributed by atoms with Crippen LogP contribution in [-0.2, 0) is 10.7 Å². The Kier molecular flexibility index (Phi) is 3.33. The zero-order chi connectivity index (χ0) is 13.4. The number of imidazole rings is 1. The number of nitrogens with one attached hydrogen (secondary N) is 1. The Hall–Kier alpha value is -1.33. The minimum atomic E-state index is 0.0871. The average Bonchev–Trinajstić information content (AvgIpc) is 2.77. The van der Waals surface area contributed by atoms with Gasteiger partial charge in [0.05, 0.1) is 16.9 Å². The van der Waals surface area contributed by atoms with Gasteiger partial charge in [0.2, 0.25) is 5.91 Å². The summed E-state index contributed by atoms with van der Waals surface area (Å²) in [6.07, 6.45) is 2.88. The van der Waals surface area contributed by atoms with Gasteiger partial charge >= 0.3 is 0 Å². The van der Waals surface area contributed by atoms with Crippen molar-refractivity contribution >= 4 is 40.3 Å². The molecule has 1 unspecified atom stereocenters. The predicted molar refractivity (Wildman–Crippen MR) is 73.4 cm³/mol. The van der Waals surface area contributed by atoms with E-state index in [2.05, 4.69) is 15.3 Å². The molecule has 3 rings (SSSR count). The number of alkyl halides is 1. The highest BCUT2D eigenvalue weighted by Gasteiger charge is 2.24. The van der Waals surface area contributed by atoms with Gasteiger partial charge in [-0.2, -0.15) is 0 Å². The summed E-state index contributed by atoms with van der Waals surface area (Å²) in [5.74, 6) is 1.15. The van der Waals surface area contributed by atoms with Crippen LogP contribution in [0.25, 0.3) is 11.2 Å². The normalized spacial score (nSPS) is 19.7. The molecule has 3 heterocycles. The Labute approximate surface area is 119 Å². The van der Waals surface area contributed by atoms with Crippen molar-refractivity contribution in [3.63, 3.8) is 0 Å². The monoisotopic (exact) mass is 298 g/mol. The highest BCUT2D eigenvalue weighted by molar-refractivity contribution is 6.31. The Balaban J connectivity index is 2.08. The average molecular weight is 299 g/mol. The number of fused-ring (bicyclic) bond motifs is 1. The van der Waals surface area contributed by atoms with Crippen molar-refractivity contribution in [1.29, 1.82) is 0 Å². The molecule has 2 aromatic rings. The van der Waals surface area contributed by atoms with Gasteiger partial charge in [-0.25, -0.2) is 9.97 Å². The molecule has 1 aliphatic rings. The molecular weight excluding hydrogens is 287 g/mol. The number of hydrogen-bond donors (Lipinski definition) is 1. The van der Waals surface area contributed by atoms with Gasteiger partial charge in [0, 0.05) is 19.2 Å². The number of piperidine rings is 1. The molecule has 19 heavy (non-hydrogen) atoms. The van der Waals surface area contributed by atoms with E-state index in [9.17, 15) is 4.79 Å². The Bertz CT molecular complexity index is 630. The molecule has 0 aliphatic carbocycles. The van der Waals surface area contributed by atoms with Gasteiger partial charge in [0.1, 0.15) is 11.3 Å². The first kappa shape index (κ1) is 12.7. The van der Waals surface area contributed by atoms with Gasteiger partial charge in [0.15, 0.2) is 5.65 Å². The maximum Gasteiger partial charge on any atom is 0.220 e. The van der Waals surface area contributed by atoms with Crippen LogP contribution >= 0.6 is 23.2 Å². The fourth-order valence-corrected chi connectivity index (χ4v) is 2.76. The molecule has 1 atom stereocenters. The summed E-state index contributed by atoms with van der Waals surface area (Å²) in [5.41, 5.74) is 1.50. The molecule has 7 heteroatoms. The first-order valence-electron chi connectivity index (χ1n) is 6.04. The molecule has 2 aromatic heterocycles. The number of aromatic nitrogens is 3. The summed E-state index contributed by atoms with van der Waals surface area (Å²) in [7, 11) is 0. The van der Waals surface area contributed by atoms with Crippen LogP contribution in [0.1, 0.15) is 24.7 Å². The van der Waals surface area contributed by atoms with Crippen LogP contribution in [0.2, 0.25) is 5.02 Å². The standard InChI is InChI=1S/C12H12Cl2N4O/c13-4-10-17-9-3-7(14)5-16-12(9)18(10)8-1-2-11(19)15-6-8/h3,5,8H,1-2,4,6H2,(H,15,19). The third kappa shape index (κ3) is 2.28. The minimum absolute atomic E-state index is 0.0871. The number of hydrogen-bond acceptors (Lipinski definition) is 3. The third-order valence-electron chi connectivity index (χ3n) is 3.29. The van der Waals surface area contributed by atoms with Gasteiger partial charge in [0.25, 0.3) is 0 Å². The molecule has 1 amide bonds. The lowest BCUT2D eigenvalue weighted by Crippen LogP contribution is -2.36. The number of rotatable bonds is 2. The van der Waals surface area contributed by atoms with Crippen LogP contribution in [0.4, 0.5) is 0 Å². The zero-order valence-electron chi connectivity index (χ0n) is 10.1. The quantitative estimate of drug-likeness (QED) is 0.865. The van der Waals surface area contributed by atoms with E-state index in [4.69, 9.17) is 23.2 Å². The lowest BCUT2D eigenvalue weighted by atomic mass is 10.1. The summed E-state index contributed by atoms with van der Waals surface area (Å²) in [6.45, 7) is 0.582. The molecule has 0 spiro atoms. The van der Waals surface area contributed by atoms with Crippen molar-refractivity contribution in [3.05, 3.63) is 23.1 Å². The molecule has 1 N–H and O–H groups in total. The molecule has 0 saturated carbocycles. The first-order valence-corrected chi connectivity index (χ1v) is 6.95. The van der Waals surface area contributed by atoms with Gasteiger partial charge in [-0.3, -0.25) is 4.79 Å². The van der Waals surface area contributed by atoms with E-state index in [1.807, 2.05) is 4.57 Å². The molecule has 0 bridgehead atoms. The van der Waals surface area contributed by atoms with Gasteiger partial charge in [-0.1, -0.05) is 11.6 Å². The maximum atomic E-state index is 11.2. The second-order valence-corrected chi connectivity index (χ2v) is 5.23.